The molecule has 0 unspecified atom stereocenters. The largest absolute Gasteiger partial charge is 0.439 e. The predicted molar refractivity (Wildman–Crippen MR) is 355 cm³/mol. The summed E-state index contributed by atoms with van der Waals surface area (Å²) in [7, 11) is -13.0. The van der Waals surface area contributed by atoms with E-state index in [-0.39, 0.29) is 62.2 Å². The highest BCUT2D eigenvalue weighted by atomic mass is 32.2. The van der Waals surface area contributed by atoms with Crippen LogP contribution in [0.5, 0.6) is 11.5 Å². The average Bonchev–Trinajstić information content (AvgIpc) is 1.64. The highest BCUT2D eigenvalue weighted by Gasteiger charge is 2.31. The molecule has 0 aliphatic carbocycles. The summed E-state index contributed by atoms with van der Waals surface area (Å²) in [6, 6.07) is 33.2. The van der Waals surface area contributed by atoms with Crippen LogP contribution in [0.25, 0.3) is 55.9 Å². The van der Waals surface area contributed by atoms with Crippen LogP contribution in [-0.2, 0) is 62.4 Å². The Balaban J connectivity index is 0.711. The molecule has 0 bridgehead atoms. The van der Waals surface area contributed by atoms with Gasteiger partial charge in [-0.3, -0.25) is 23.2 Å². The number of anilines is 2. The molecule has 94 heavy (non-hydrogen) atoms. The summed E-state index contributed by atoms with van der Waals surface area (Å²) in [4.78, 5) is 30.1. The molecule has 498 valence electrons. The molecule has 2 aromatic heterocycles. The molecule has 6 aromatic carbocycles. The predicted octanol–water partition coefficient (Wildman–Crippen LogP) is 11.4. The summed E-state index contributed by atoms with van der Waals surface area (Å²) in [6.45, 7) is 5.78. The molecule has 2 aliphatic rings. The number of rotatable bonds is 33. The van der Waals surface area contributed by atoms with E-state index in [2.05, 4.69) is 37.0 Å². The maximum Gasteiger partial charge on any atom is 0.374 e. The lowest BCUT2D eigenvalue weighted by Gasteiger charge is -2.19. The van der Waals surface area contributed by atoms with Gasteiger partial charge in [-0.2, -0.15) is 34.4 Å². The van der Waals surface area contributed by atoms with Crippen LogP contribution in [0, 0.1) is 0 Å². The Morgan fingerprint density at radius 1 is 0.564 bits per heavy atom. The quantitative estimate of drug-likeness (QED) is 0.00556. The molecule has 0 fully saturated rings. The smallest absolute Gasteiger partial charge is 0.374 e. The number of nitrogens with one attached hydrogen (secondary N) is 2. The van der Waals surface area contributed by atoms with Gasteiger partial charge in [0.15, 0.2) is 24.6 Å². The third-order valence-corrected chi connectivity index (χ3v) is 19.1. The molecule has 0 radical (unpaired) electrons. The van der Waals surface area contributed by atoms with Gasteiger partial charge in [0.1, 0.15) is 0 Å². The van der Waals surface area contributed by atoms with Crippen molar-refractivity contribution in [3.63, 3.8) is 0 Å². The third-order valence-electron chi connectivity index (χ3n) is 16.0. The van der Waals surface area contributed by atoms with E-state index in [0.717, 1.165) is 69.0 Å². The molecule has 2 aliphatic heterocycles. The van der Waals surface area contributed by atoms with E-state index in [9.17, 15) is 48.5 Å². The van der Waals surface area contributed by atoms with Crippen LogP contribution in [0.1, 0.15) is 103 Å². The Morgan fingerprint density at radius 3 is 1.60 bits per heavy atom. The van der Waals surface area contributed by atoms with Gasteiger partial charge >= 0.3 is 11.8 Å². The van der Waals surface area contributed by atoms with Crippen LogP contribution < -0.4 is 39.0 Å². The van der Waals surface area contributed by atoms with E-state index in [1.807, 2.05) is 91.2 Å². The topological polar surface area (TPSA) is 319 Å². The lowest BCUT2D eigenvalue weighted by Crippen LogP contribution is -2.36. The number of carbonyl (C=O) groups excluding carboxylic acids is 2. The van der Waals surface area contributed by atoms with E-state index >= 15 is 0 Å². The summed E-state index contributed by atoms with van der Waals surface area (Å²) in [5.74, 6) is 1.70. The molecule has 10 rings (SSSR count). The highest BCUT2D eigenvalue weighted by Crippen LogP contribution is 2.44. The molecule has 0 saturated carbocycles. The number of benzene rings is 6. The Kier molecular flexibility index (Phi) is 22.6. The first-order chi connectivity index (χ1) is 45.1. The number of aryl methyl sites for hydroxylation is 2. The number of ether oxygens (including phenoxy) is 2. The van der Waals surface area contributed by atoms with Crippen LogP contribution in [0.3, 0.4) is 0 Å². The second kappa shape index (κ2) is 30.9. The summed E-state index contributed by atoms with van der Waals surface area (Å²) in [5.41, 5.74) is 5.34. The molecule has 8 aromatic rings. The number of nitrogens with zero attached hydrogens (tertiary/aromatic N) is 4. The van der Waals surface area contributed by atoms with E-state index < -0.39 is 41.9 Å². The van der Waals surface area contributed by atoms with Crippen LogP contribution >= 0.6 is 12.0 Å². The Labute approximate surface area is 548 Å². The number of unbranched alkanes of at least 4 members (excludes halogenated alkanes) is 4. The van der Waals surface area contributed by atoms with Gasteiger partial charge < -0.3 is 38.7 Å². The average molecular weight is 1370 g/mol. The van der Waals surface area contributed by atoms with Gasteiger partial charge in [-0.05, 0) is 120 Å². The molecular formula is C66H74N6O18S4+2. The second-order valence-corrected chi connectivity index (χ2v) is 28.0. The van der Waals surface area contributed by atoms with Crippen molar-refractivity contribution in [3.8, 4) is 11.5 Å². The van der Waals surface area contributed by atoms with Crippen molar-refractivity contribution in [2.75, 3.05) is 47.5 Å². The highest BCUT2D eigenvalue weighted by molar-refractivity contribution is 7.94. The van der Waals surface area contributed by atoms with Crippen molar-refractivity contribution in [2.45, 2.75) is 114 Å². The Morgan fingerprint density at radius 2 is 1.06 bits per heavy atom. The minimum absolute atomic E-state index is 0.0408. The molecule has 0 saturated heterocycles. The van der Waals surface area contributed by atoms with E-state index in [4.69, 9.17) is 23.6 Å². The fraction of sp³-hybridized carbons (Fsp3) is 0.333. The number of aromatic nitrogens is 2. The number of hydrogen-bond acceptors (Lipinski definition) is 18. The second-order valence-electron chi connectivity index (χ2n) is 22.7. The van der Waals surface area contributed by atoms with Gasteiger partial charge in [0.05, 0.1) is 52.0 Å². The van der Waals surface area contributed by atoms with Gasteiger partial charge in [-0.1, -0.05) is 80.3 Å². The minimum atomic E-state index is -4.58. The maximum atomic E-state index is 13.0. The molecular weight excluding hydrogens is 1290 g/mol. The van der Waals surface area contributed by atoms with Gasteiger partial charge in [0.25, 0.3) is 41.4 Å². The van der Waals surface area contributed by atoms with Gasteiger partial charge in [0, 0.05) is 81.0 Å². The molecule has 6 N–H and O–H groups in total. The van der Waals surface area contributed by atoms with Crippen LogP contribution in [-0.4, -0.2) is 93.7 Å². The van der Waals surface area contributed by atoms with Gasteiger partial charge in [-0.15, -0.1) is 4.33 Å². The number of allylic oxidation sites excluding steroid dienone is 4. The number of hydrogen-bond donors (Lipinski definition) is 6. The first-order valence-corrected chi connectivity index (χ1v) is 36.3. The molecule has 0 atom stereocenters. The van der Waals surface area contributed by atoms with Crippen molar-refractivity contribution >= 4 is 121 Å². The van der Waals surface area contributed by atoms with Crippen molar-refractivity contribution in [3.05, 3.63) is 156 Å². The number of carbonyl (C=O) groups is 2. The standard InChI is InChI=1S/C66H72N6O18S4/c1-3-45(36-64-72(32-16-34-93(79,80)81)55-43-51(91-90-89-75)23-25-57(55)85-64)35-63-70(56-44-52(94(82,83)84)24-26-58(56)86-63)30-14-6-8-22-62(74)68-28-27-67-61(73)21-7-5-13-29-69-53-39-47-17-9-11-19-49(47)41-59(53)87-65(69)37-46(4-2)38-66-71(31-15-33-92(76,77)78)54-40-48-18-10-12-20-50(48)42-60(54)88-66/h9-12,17-20,23-26,35-44H,3-8,13-16,21-22,27-34H2,1-2H3,(H4-2,67,68,73,74,75,76,77,78,79,80,81,82,83,84)/p+2. The molecule has 0 spiro atoms. The lowest BCUT2D eigenvalue weighted by molar-refractivity contribution is -0.678. The summed E-state index contributed by atoms with van der Waals surface area (Å²) >= 11 is 0.728. The summed E-state index contributed by atoms with van der Waals surface area (Å²) in [5, 5.41) is 22.3. The zero-order chi connectivity index (χ0) is 66.6. The van der Waals surface area contributed by atoms with E-state index in [1.165, 1.54) is 18.2 Å². The van der Waals surface area contributed by atoms with Crippen molar-refractivity contribution in [2.24, 2.45) is 0 Å². The molecule has 4 heterocycles. The maximum absolute atomic E-state index is 13.0. The Bertz CT molecular complexity index is 4600. The van der Waals surface area contributed by atoms with Crippen molar-refractivity contribution < 1.29 is 90.6 Å². The van der Waals surface area contributed by atoms with Crippen LogP contribution in [0.2, 0.25) is 0 Å². The zero-order valence-corrected chi connectivity index (χ0v) is 55.0. The van der Waals surface area contributed by atoms with Crippen molar-refractivity contribution in [1.29, 1.82) is 0 Å². The number of oxazole rings is 2. The summed E-state index contributed by atoms with van der Waals surface area (Å²) < 4.78 is 134. The first kappa shape index (κ1) is 68.7. The third kappa shape index (κ3) is 18.0. The molecule has 24 nitrogen and oxygen atoms in total. The normalized spacial score (nSPS) is 14.6. The van der Waals surface area contributed by atoms with E-state index in [1.54, 1.807) is 39.8 Å². The fourth-order valence-electron chi connectivity index (χ4n) is 11.3. The summed E-state index contributed by atoms with van der Waals surface area (Å²) in [6.07, 6.45) is 13.1. The Hall–Kier alpha value is -8.16. The van der Waals surface area contributed by atoms with Crippen molar-refractivity contribution in [1.82, 2.24) is 10.6 Å². The fourth-order valence-corrected chi connectivity index (χ4v) is 13.2. The van der Waals surface area contributed by atoms with Gasteiger partial charge in [-0.25, -0.2) is 5.26 Å². The number of fused-ring (bicyclic) bond motifs is 6. The number of amides is 2. The monoisotopic (exact) mass is 1370 g/mol. The first-order valence-electron chi connectivity index (χ1n) is 30.9. The molecule has 2 amide bonds. The SMILES string of the molecule is CCC(=Cc1oc2ccc(SOOO)cc2[n+]1CCCS(=O)(=O)O)C=C1Oc2ccc(S(=O)(=O)O)cc2N1CCCCCC(=O)NCCNC(=O)CCCCCN1C(=CC(=Cc2oc3cc4ccccc4cc3[n+]2CCCS(=O)(=O)O)CC)Oc2cc3ccccc3cc21. The van der Waals surface area contributed by atoms with Crippen LogP contribution in [0.15, 0.2) is 163 Å². The minimum Gasteiger partial charge on any atom is -0.439 e. The van der Waals surface area contributed by atoms with Crippen LogP contribution in [0.4, 0.5) is 11.4 Å². The van der Waals surface area contributed by atoms with E-state index in [0.29, 0.717) is 120 Å². The van der Waals surface area contributed by atoms with Gasteiger partial charge in [0.2, 0.25) is 34.7 Å². The lowest BCUT2D eigenvalue weighted by atomic mass is 10.1. The zero-order valence-electron chi connectivity index (χ0n) is 51.8. The molecule has 28 heteroatoms.